The molecule has 0 aromatic carbocycles. The summed E-state index contributed by atoms with van der Waals surface area (Å²) in [6.45, 7) is 2.00. The number of carboxylic acid groups (broad SMARTS) is 1. The summed E-state index contributed by atoms with van der Waals surface area (Å²) in [5, 5.41) is 11.6. The molecule has 5 nitrogen and oxygen atoms in total. The molecule has 1 atom stereocenters. The minimum Gasteiger partial charge on any atom is -0.480 e. The SMILES string of the molecule is CCCC(N)CC(=O)NC1(C(=O)O)CCC1. The maximum absolute atomic E-state index is 11.6. The maximum Gasteiger partial charge on any atom is 0.329 e. The zero-order valence-electron chi connectivity index (χ0n) is 9.66. The average molecular weight is 228 g/mol. The van der Waals surface area contributed by atoms with Crippen molar-refractivity contribution in [2.75, 3.05) is 0 Å². The second-order valence-electron chi connectivity index (χ2n) is 4.54. The van der Waals surface area contributed by atoms with Gasteiger partial charge in [0.1, 0.15) is 5.54 Å². The molecule has 4 N–H and O–H groups in total. The zero-order chi connectivity index (χ0) is 12.2. The molecule has 16 heavy (non-hydrogen) atoms. The van der Waals surface area contributed by atoms with Gasteiger partial charge in [-0.25, -0.2) is 4.79 Å². The summed E-state index contributed by atoms with van der Waals surface area (Å²) in [5.41, 5.74) is 4.72. The lowest BCUT2D eigenvalue weighted by Gasteiger charge is -2.38. The fourth-order valence-corrected chi connectivity index (χ4v) is 1.95. The summed E-state index contributed by atoms with van der Waals surface area (Å²) < 4.78 is 0. The number of carbonyl (C=O) groups is 2. The quantitative estimate of drug-likeness (QED) is 0.621. The average Bonchev–Trinajstić information content (AvgIpc) is 2.10. The van der Waals surface area contributed by atoms with Crippen molar-refractivity contribution < 1.29 is 14.7 Å². The maximum atomic E-state index is 11.6. The molecule has 1 aliphatic carbocycles. The number of amides is 1. The van der Waals surface area contributed by atoms with Gasteiger partial charge in [-0.2, -0.15) is 0 Å². The molecule has 1 rings (SSSR count). The highest BCUT2D eigenvalue weighted by Gasteiger charge is 2.45. The van der Waals surface area contributed by atoms with Gasteiger partial charge >= 0.3 is 5.97 Å². The van der Waals surface area contributed by atoms with Crippen molar-refractivity contribution in [3.05, 3.63) is 0 Å². The molecule has 0 aromatic heterocycles. The van der Waals surface area contributed by atoms with Crippen LogP contribution in [0.1, 0.15) is 45.4 Å². The van der Waals surface area contributed by atoms with Gasteiger partial charge in [0.15, 0.2) is 0 Å². The predicted molar refractivity (Wildman–Crippen MR) is 59.9 cm³/mol. The lowest BCUT2D eigenvalue weighted by molar-refractivity contribution is -0.151. The summed E-state index contributed by atoms with van der Waals surface area (Å²) in [7, 11) is 0. The minimum absolute atomic E-state index is 0.170. The van der Waals surface area contributed by atoms with Gasteiger partial charge in [0.25, 0.3) is 0 Å². The van der Waals surface area contributed by atoms with Crippen LogP contribution in [-0.2, 0) is 9.59 Å². The number of carboxylic acids is 1. The van der Waals surface area contributed by atoms with Crippen molar-refractivity contribution in [3.8, 4) is 0 Å². The van der Waals surface area contributed by atoms with E-state index in [4.69, 9.17) is 10.8 Å². The van der Waals surface area contributed by atoms with E-state index in [1.807, 2.05) is 6.92 Å². The van der Waals surface area contributed by atoms with Crippen LogP contribution in [0.3, 0.4) is 0 Å². The molecule has 0 aromatic rings. The molecular weight excluding hydrogens is 208 g/mol. The molecule has 0 saturated heterocycles. The third kappa shape index (κ3) is 2.95. The highest BCUT2D eigenvalue weighted by atomic mass is 16.4. The number of hydrogen-bond acceptors (Lipinski definition) is 3. The summed E-state index contributed by atoms with van der Waals surface area (Å²) >= 11 is 0. The normalized spacial score (nSPS) is 19.6. The summed E-state index contributed by atoms with van der Waals surface area (Å²) in [6.07, 6.45) is 3.83. The van der Waals surface area contributed by atoms with Crippen molar-refractivity contribution in [1.82, 2.24) is 5.32 Å². The Hall–Kier alpha value is -1.10. The number of aliphatic carboxylic acids is 1. The molecule has 0 bridgehead atoms. The number of nitrogens with two attached hydrogens (primary N) is 1. The van der Waals surface area contributed by atoms with E-state index in [0.29, 0.717) is 12.8 Å². The van der Waals surface area contributed by atoms with Gasteiger partial charge in [-0.3, -0.25) is 4.79 Å². The first-order valence-electron chi connectivity index (χ1n) is 5.80. The lowest BCUT2D eigenvalue weighted by atomic mass is 9.76. The van der Waals surface area contributed by atoms with Crippen LogP contribution in [-0.4, -0.2) is 28.6 Å². The van der Waals surface area contributed by atoms with Gasteiger partial charge in [-0.1, -0.05) is 13.3 Å². The number of carbonyl (C=O) groups excluding carboxylic acids is 1. The Bertz CT molecular complexity index is 274. The minimum atomic E-state index is -1.01. The molecule has 92 valence electrons. The van der Waals surface area contributed by atoms with Crippen LogP contribution >= 0.6 is 0 Å². The van der Waals surface area contributed by atoms with Crippen molar-refractivity contribution in [1.29, 1.82) is 0 Å². The van der Waals surface area contributed by atoms with Crippen LogP contribution < -0.4 is 11.1 Å². The highest BCUT2D eigenvalue weighted by molar-refractivity contribution is 5.88. The Balaban J connectivity index is 2.41. The van der Waals surface area contributed by atoms with E-state index >= 15 is 0 Å². The van der Waals surface area contributed by atoms with Crippen LogP contribution in [0, 0.1) is 0 Å². The zero-order valence-corrected chi connectivity index (χ0v) is 9.66. The first kappa shape index (κ1) is 13.0. The Morgan fingerprint density at radius 2 is 2.12 bits per heavy atom. The Morgan fingerprint density at radius 3 is 2.50 bits per heavy atom. The van der Waals surface area contributed by atoms with Crippen molar-refractivity contribution in [3.63, 3.8) is 0 Å². The molecule has 0 radical (unpaired) electrons. The second kappa shape index (κ2) is 5.30. The number of nitrogens with one attached hydrogen (secondary N) is 1. The topological polar surface area (TPSA) is 92.4 Å². The van der Waals surface area contributed by atoms with E-state index in [-0.39, 0.29) is 18.4 Å². The highest BCUT2D eigenvalue weighted by Crippen LogP contribution is 2.32. The fourth-order valence-electron chi connectivity index (χ4n) is 1.95. The second-order valence-corrected chi connectivity index (χ2v) is 4.54. The van der Waals surface area contributed by atoms with Crippen LogP contribution in [0.4, 0.5) is 0 Å². The predicted octanol–water partition coefficient (Wildman–Crippen LogP) is 0.627. The third-order valence-electron chi connectivity index (χ3n) is 3.10. The van der Waals surface area contributed by atoms with Crippen molar-refractivity contribution >= 4 is 11.9 Å². The summed E-state index contributed by atoms with van der Waals surface area (Å²) in [4.78, 5) is 22.6. The van der Waals surface area contributed by atoms with Crippen molar-refractivity contribution in [2.45, 2.75) is 57.0 Å². The van der Waals surface area contributed by atoms with Gasteiger partial charge < -0.3 is 16.2 Å². The molecule has 1 saturated carbocycles. The van der Waals surface area contributed by atoms with E-state index in [2.05, 4.69) is 5.32 Å². The van der Waals surface area contributed by atoms with E-state index in [1.165, 1.54) is 0 Å². The van der Waals surface area contributed by atoms with Crippen molar-refractivity contribution in [2.24, 2.45) is 5.73 Å². The molecule has 1 unspecified atom stereocenters. The first-order valence-corrected chi connectivity index (χ1v) is 5.80. The number of rotatable bonds is 6. The smallest absolute Gasteiger partial charge is 0.329 e. The molecular formula is C11H20N2O3. The van der Waals surface area contributed by atoms with Crippen LogP contribution in [0.5, 0.6) is 0 Å². The third-order valence-corrected chi connectivity index (χ3v) is 3.10. The Kier molecular flexibility index (Phi) is 4.29. The Labute approximate surface area is 95.4 Å². The number of hydrogen-bond donors (Lipinski definition) is 3. The Morgan fingerprint density at radius 1 is 1.50 bits per heavy atom. The molecule has 1 fully saturated rings. The van der Waals surface area contributed by atoms with Gasteiger partial charge in [0, 0.05) is 12.5 Å². The summed E-state index contributed by atoms with van der Waals surface area (Å²) in [5.74, 6) is -1.18. The monoisotopic (exact) mass is 228 g/mol. The van der Waals surface area contributed by atoms with E-state index in [9.17, 15) is 9.59 Å². The van der Waals surface area contributed by atoms with Gasteiger partial charge in [-0.15, -0.1) is 0 Å². The molecule has 1 amide bonds. The van der Waals surface area contributed by atoms with Gasteiger partial charge in [0.2, 0.25) is 5.91 Å². The van der Waals surface area contributed by atoms with Crippen LogP contribution in [0.25, 0.3) is 0 Å². The molecule has 0 spiro atoms. The van der Waals surface area contributed by atoms with E-state index < -0.39 is 11.5 Å². The molecule has 0 heterocycles. The standard InChI is InChI=1S/C11H20N2O3/c1-2-4-8(12)7-9(14)13-11(10(15)16)5-3-6-11/h8H,2-7,12H2,1H3,(H,13,14)(H,15,16). The van der Waals surface area contributed by atoms with Gasteiger partial charge in [-0.05, 0) is 25.7 Å². The largest absolute Gasteiger partial charge is 0.480 e. The first-order chi connectivity index (χ1) is 7.50. The van der Waals surface area contributed by atoms with E-state index in [1.54, 1.807) is 0 Å². The van der Waals surface area contributed by atoms with Crippen LogP contribution in [0.15, 0.2) is 0 Å². The molecule has 5 heteroatoms. The molecule has 0 aliphatic heterocycles. The fraction of sp³-hybridized carbons (Fsp3) is 0.818. The summed E-state index contributed by atoms with van der Waals surface area (Å²) in [6, 6.07) is -0.170. The van der Waals surface area contributed by atoms with E-state index in [0.717, 1.165) is 19.3 Å². The van der Waals surface area contributed by atoms with Crippen LogP contribution in [0.2, 0.25) is 0 Å². The van der Waals surface area contributed by atoms with Gasteiger partial charge in [0.05, 0.1) is 0 Å². The lowest BCUT2D eigenvalue weighted by Crippen LogP contribution is -2.59. The molecule has 1 aliphatic rings.